The van der Waals surface area contributed by atoms with Crippen LogP contribution in [0.2, 0.25) is 0 Å². The molecule has 0 aliphatic heterocycles. The predicted molar refractivity (Wildman–Crippen MR) is 425 cm³/mol. The summed E-state index contributed by atoms with van der Waals surface area (Å²) in [6.07, 6.45) is 3.73. The summed E-state index contributed by atoms with van der Waals surface area (Å²) in [6.45, 7) is 42.5. The summed E-state index contributed by atoms with van der Waals surface area (Å²) in [4.78, 5) is 6.92. The highest BCUT2D eigenvalue weighted by Crippen LogP contribution is 2.47. The van der Waals surface area contributed by atoms with E-state index >= 15 is 0 Å². The first-order valence-electron chi connectivity index (χ1n) is 33.9. The molecule has 0 fully saturated rings. The minimum atomic E-state index is 0.0383. The molecule has 12 aromatic rings. The molecule has 0 saturated heterocycles. The van der Waals surface area contributed by atoms with Crippen molar-refractivity contribution in [3.8, 4) is 0 Å². The number of halogens is 2. The van der Waals surface area contributed by atoms with E-state index in [0.717, 1.165) is 89.0 Å². The maximum atomic E-state index is 6.10. The third-order valence-electron chi connectivity index (χ3n) is 18.0. The molecule has 0 unspecified atom stereocenters. The zero-order valence-corrected chi connectivity index (χ0v) is 63.7. The maximum Gasteiger partial charge on any atom is 0.136 e. The van der Waals surface area contributed by atoms with Crippen molar-refractivity contribution < 1.29 is 8.83 Å². The average molecular weight is 1420 g/mol. The van der Waals surface area contributed by atoms with Crippen molar-refractivity contribution in [2.75, 3.05) is 20.0 Å². The lowest BCUT2D eigenvalue weighted by molar-refractivity contribution is 0.589. The van der Waals surface area contributed by atoms with E-state index in [4.69, 9.17) is 8.83 Å². The molecule has 0 spiro atoms. The number of anilines is 11. The number of furan rings is 2. The van der Waals surface area contributed by atoms with Crippen molar-refractivity contribution in [2.45, 2.75) is 164 Å². The Hall–Kier alpha value is -8.56. The molecule has 500 valence electrons. The molecule has 12 rings (SSSR count). The monoisotopic (exact) mass is 1410 g/mol. The molecule has 0 saturated carbocycles. The molecule has 0 bridgehead atoms. The molecule has 10 aromatic carbocycles. The highest BCUT2D eigenvalue weighted by molar-refractivity contribution is 9.11. The molecule has 2 heterocycles. The fourth-order valence-electron chi connectivity index (χ4n) is 11.8. The Morgan fingerprint density at radius 1 is 0.278 bits per heavy atom. The van der Waals surface area contributed by atoms with Gasteiger partial charge in [-0.15, -0.1) is 0 Å². The van der Waals surface area contributed by atoms with Crippen molar-refractivity contribution in [2.24, 2.45) is 0 Å². The summed E-state index contributed by atoms with van der Waals surface area (Å²) in [5.41, 5.74) is 23.2. The van der Waals surface area contributed by atoms with Gasteiger partial charge in [0.15, 0.2) is 0 Å². The smallest absolute Gasteiger partial charge is 0.136 e. The molecular formula is C89H98Br2N4O2. The maximum absolute atomic E-state index is 6.10. The van der Waals surface area contributed by atoms with E-state index in [-0.39, 0.29) is 32.5 Å². The summed E-state index contributed by atoms with van der Waals surface area (Å²) in [6, 6.07) is 82.6. The van der Waals surface area contributed by atoms with Gasteiger partial charge in [-0.3, -0.25) is 0 Å². The van der Waals surface area contributed by atoms with E-state index in [1.165, 1.54) is 43.4 Å². The van der Waals surface area contributed by atoms with Crippen LogP contribution in [0.5, 0.6) is 0 Å². The van der Waals surface area contributed by atoms with Gasteiger partial charge in [0.25, 0.3) is 0 Å². The normalized spacial score (nSPS) is 12.2. The van der Waals surface area contributed by atoms with Crippen LogP contribution in [-0.4, -0.2) is 0 Å². The topological polar surface area (TPSA) is 48.0 Å². The lowest BCUT2D eigenvalue weighted by Gasteiger charge is -2.31. The minimum absolute atomic E-state index is 0.0383. The number of para-hydroxylation sites is 2. The lowest BCUT2D eigenvalue weighted by atomic mass is 9.86. The molecule has 6 nitrogen and oxygen atoms in total. The first kappa shape index (κ1) is 71.2. The average Bonchev–Trinajstić information content (AvgIpc) is 1.47. The van der Waals surface area contributed by atoms with Gasteiger partial charge in [-0.25, -0.2) is 0 Å². The molecule has 0 radical (unpaired) electrons. The van der Waals surface area contributed by atoms with Gasteiger partial charge in [0.05, 0.1) is 17.1 Å². The number of nitrogens with zero attached hydrogens (tertiary/aromatic N) is 3. The van der Waals surface area contributed by atoms with Crippen LogP contribution >= 0.6 is 31.9 Å². The van der Waals surface area contributed by atoms with Crippen molar-refractivity contribution >= 4 is 116 Å². The molecule has 0 amide bonds. The highest BCUT2D eigenvalue weighted by atomic mass is 79.9. The summed E-state index contributed by atoms with van der Waals surface area (Å²) >= 11 is 7.52. The van der Waals surface area contributed by atoms with Crippen LogP contribution in [0.15, 0.2) is 261 Å². The number of hydrogen-bond acceptors (Lipinski definition) is 6. The number of aryl methyl sites for hydroxylation is 1. The molecule has 0 atom stereocenters. The first-order valence-corrected chi connectivity index (χ1v) is 35.5. The number of hydrogen-bond donors (Lipinski definition) is 1. The van der Waals surface area contributed by atoms with Crippen LogP contribution in [0.1, 0.15) is 164 Å². The van der Waals surface area contributed by atoms with E-state index < -0.39 is 0 Å². The van der Waals surface area contributed by atoms with Crippen molar-refractivity contribution in [1.29, 1.82) is 0 Å². The zero-order valence-electron chi connectivity index (χ0n) is 60.5. The molecule has 0 aliphatic carbocycles. The fourth-order valence-corrected chi connectivity index (χ4v) is 12.8. The Morgan fingerprint density at radius 3 is 0.990 bits per heavy atom. The van der Waals surface area contributed by atoms with Gasteiger partial charge < -0.3 is 28.9 Å². The Kier molecular flexibility index (Phi) is 20.9. The van der Waals surface area contributed by atoms with Gasteiger partial charge in [-0.2, -0.15) is 0 Å². The van der Waals surface area contributed by atoms with E-state index in [1.807, 2.05) is 36.8 Å². The van der Waals surface area contributed by atoms with Crippen LogP contribution in [0.4, 0.5) is 62.6 Å². The molecule has 0 aliphatic rings. The van der Waals surface area contributed by atoms with E-state index in [2.05, 4.69) is 390 Å². The largest absolute Gasteiger partial charge is 0.462 e. The van der Waals surface area contributed by atoms with Gasteiger partial charge in [0.1, 0.15) is 23.7 Å². The van der Waals surface area contributed by atoms with Crippen molar-refractivity contribution in [3.63, 3.8) is 0 Å². The third kappa shape index (κ3) is 17.1. The van der Waals surface area contributed by atoms with Crippen LogP contribution < -0.4 is 20.0 Å². The van der Waals surface area contributed by atoms with Crippen LogP contribution in [-0.2, 0) is 32.5 Å². The zero-order chi connectivity index (χ0) is 70.0. The second kappa shape index (κ2) is 28.5. The van der Waals surface area contributed by atoms with Gasteiger partial charge >= 0.3 is 0 Å². The summed E-state index contributed by atoms with van der Waals surface area (Å²) in [7, 11) is 0. The Morgan fingerprint density at radius 2 is 0.608 bits per heavy atom. The van der Waals surface area contributed by atoms with E-state index in [0.29, 0.717) is 0 Å². The Balaban J connectivity index is 0.000000184. The second-order valence-electron chi connectivity index (χ2n) is 31.8. The molecule has 2 aromatic heterocycles. The van der Waals surface area contributed by atoms with Crippen molar-refractivity contribution in [1.82, 2.24) is 0 Å². The SMILES string of the molecule is CC(C)(C)c1ccc(N(c2cccc(N(c3ccc(C(C)(C)C)cc3)c3coc4ccccc34)c2)c2ccc(C(C)(C)C)cc2Br)cc1.CC(C)(C)c1ccc(Nc2cccc(N(c3ccc(C(C)(C)C)cc3)c3coc4ccccc34)c2)cc1.Cc1ccc(C(C)(C)C)cc1Br. The first-order chi connectivity index (χ1) is 45.6. The highest BCUT2D eigenvalue weighted by Gasteiger charge is 2.26. The minimum Gasteiger partial charge on any atom is -0.462 e. The summed E-state index contributed by atoms with van der Waals surface area (Å²) in [5.74, 6) is 0. The number of rotatable bonds is 11. The van der Waals surface area contributed by atoms with Gasteiger partial charge in [0, 0.05) is 65.2 Å². The Labute approximate surface area is 596 Å². The number of benzene rings is 10. The Bertz CT molecular complexity index is 4630. The van der Waals surface area contributed by atoms with Crippen LogP contribution in [0.3, 0.4) is 0 Å². The second-order valence-corrected chi connectivity index (χ2v) is 33.5. The molecule has 8 heteroatoms. The van der Waals surface area contributed by atoms with Crippen molar-refractivity contribution in [3.05, 3.63) is 291 Å². The fraction of sp³-hybridized carbons (Fsp3) is 0.281. The quantitative estimate of drug-likeness (QED) is 0.139. The van der Waals surface area contributed by atoms with Crippen LogP contribution in [0, 0.1) is 6.92 Å². The van der Waals surface area contributed by atoms with Crippen LogP contribution in [0.25, 0.3) is 21.9 Å². The van der Waals surface area contributed by atoms with E-state index in [9.17, 15) is 0 Å². The third-order valence-corrected chi connectivity index (χ3v) is 19.4. The molecule has 1 N–H and O–H groups in total. The molecular weight excluding hydrogens is 1320 g/mol. The standard InChI is InChI=1S/C44H47BrN2O.C34H36N2O.C11H15Br/c1-42(2,3)30-17-22-33(23-18-30)46(39-26-21-32(27-38(39)45)44(7,8)9)35-13-12-14-36(28-35)47(34-24-19-31(20-25-34)43(4,5)6)40-29-48-41-16-11-10-15-37(40)41;1-33(2,3)24-14-18-26(19-15-24)35-27-10-9-11-29(22-27)36(28-20-16-25(17-21-28)34(4,5)6)31-23-37-32-13-8-7-12-30(31)32;1-8-5-6-9(7-10(8)12)11(2,3)4/h10-29H,1-9H3;7-23,35H,1-6H3;5-7H,1-4H3. The molecule has 97 heavy (non-hydrogen) atoms. The summed E-state index contributed by atoms with van der Waals surface area (Å²) < 4.78 is 14.3. The van der Waals surface area contributed by atoms with E-state index in [1.54, 1.807) is 0 Å². The van der Waals surface area contributed by atoms with Gasteiger partial charge in [-0.1, -0.05) is 244 Å². The van der Waals surface area contributed by atoms with Gasteiger partial charge in [0.2, 0.25) is 0 Å². The number of fused-ring (bicyclic) bond motifs is 2. The predicted octanol–water partition coefficient (Wildman–Crippen LogP) is 28.3. The summed E-state index contributed by atoms with van der Waals surface area (Å²) in [5, 5.41) is 5.74. The lowest BCUT2D eigenvalue weighted by Crippen LogP contribution is -2.16. The number of nitrogens with one attached hydrogen (secondary N) is 1. The van der Waals surface area contributed by atoms with Gasteiger partial charge in [-0.05, 0) is 222 Å².